The van der Waals surface area contributed by atoms with E-state index in [2.05, 4.69) is 5.32 Å². The zero-order valence-electron chi connectivity index (χ0n) is 14.3. The van der Waals surface area contributed by atoms with Crippen molar-refractivity contribution in [3.63, 3.8) is 0 Å². The van der Waals surface area contributed by atoms with Crippen molar-refractivity contribution in [1.29, 1.82) is 0 Å². The molecule has 0 aliphatic heterocycles. The van der Waals surface area contributed by atoms with E-state index in [9.17, 15) is 9.59 Å². The standard InChI is InChI=1S/C19H22N2O3/c1-12-9-14(22)11-18(21(12)2)19(23)20-17-6-4-5-13-10-15(24-3)7-8-16(13)17/h7-11,17H,4-6H2,1-3H3,(H,20,23). The molecular formula is C19H22N2O3. The fourth-order valence-electron chi connectivity index (χ4n) is 3.28. The fraction of sp³-hybridized carbons (Fsp3) is 0.368. The summed E-state index contributed by atoms with van der Waals surface area (Å²) in [5, 5.41) is 3.08. The minimum atomic E-state index is -0.216. The van der Waals surface area contributed by atoms with E-state index in [1.165, 1.54) is 17.7 Å². The molecule has 1 heterocycles. The molecule has 0 fully saturated rings. The molecule has 0 spiro atoms. The van der Waals surface area contributed by atoms with Crippen molar-refractivity contribution in [3.05, 3.63) is 63.1 Å². The summed E-state index contributed by atoms with van der Waals surface area (Å²) in [5.74, 6) is 0.619. The Balaban J connectivity index is 1.88. The molecule has 1 atom stereocenters. The minimum absolute atomic E-state index is 0.0391. The number of rotatable bonds is 3. The molecule has 1 aromatic heterocycles. The molecule has 0 saturated heterocycles. The number of nitrogens with zero attached hydrogens (tertiary/aromatic N) is 1. The van der Waals surface area contributed by atoms with Crippen LogP contribution in [0.25, 0.3) is 0 Å². The van der Waals surface area contributed by atoms with Crippen molar-refractivity contribution in [1.82, 2.24) is 9.88 Å². The first-order chi connectivity index (χ1) is 11.5. The predicted octanol–water partition coefficient (Wildman–Crippen LogP) is 2.51. The number of benzene rings is 1. The summed E-state index contributed by atoms with van der Waals surface area (Å²) in [7, 11) is 3.45. The number of aryl methyl sites for hydroxylation is 2. The smallest absolute Gasteiger partial charge is 0.268 e. The van der Waals surface area contributed by atoms with Gasteiger partial charge in [-0.15, -0.1) is 0 Å². The lowest BCUT2D eigenvalue weighted by Gasteiger charge is -2.27. The van der Waals surface area contributed by atoms with Crippen LogP contribution in [0.2, 0.25) is 0 Å². The highest BCUT2D eigenvalue weighted by atomic mass is 16.5. The maximum Gasteiger partial charge on any atom is 0.268 e. The van der Waals surface area contributed by atoms with E-state index in [4.69, 9.17) is 4.74 Å². The monoisotopic (exact) mass is 326 g/mol. The third kappa shape index (κ3) is 3.07. The predicted molar refractivity (Wildman–Crippen MR) is 92.6 cm³/mol. The summed E-state index contributed by atoms with van der Waals surface area (Å²) in [5.41, 5.74) is 3.35. The van der Waals surface area contributed by atoms with Gasteiger partial charge in [-0.25, -0.2) is 0 Å². The number of amides is 1. The van der Waals surface area contributed by atoms with Crippen molar-refractivity contribution >= 4 is 5.91 Å². The Morgan fingerprint density at radius 1 is 1.29 bits per heavy atom. The van der Waals surface area contributed by atoms with Crippen LogP contribution in [0.3, 0.4) is 0 Å². The molecule has 5 nitrogen and oxygen atoms in total. The van der Waals surface area contributed by atoms with Crippen molar-refractivity contribution in [2.24, 2.45) is 7.05 Å². The van der Waals surface area contributed by atoms with E-state index < -0.39 is 0 Å². The van der Waals surface area contributed by atoms with Crippen LogP contribution in [-0.4, -0.2) is 17.6 Å². The number of hydrogen-bond donors (Lipinski definition) is 1. The van der Waals surface area contributed by atoms with Crippen LogP contribution in [0.5, 0.6) is 5.75 Å². The Morgan fingerprint density at radius 3 is 2.83 bits per heavy atom. The van der Waals surface area contributed by atoms with Gasteiger partial charge in [-0.3, -0.25) is 9.59 Å². The molecule has 5 heteroatoms. The third-order valence-corrected chi connectivity index (χ3v) is 4.72. The summed E-state index contributed by atoms with van der Waals surface area (Å²) in [6.07, 6.45) is 2.89. The summed E-state index contributed by atoms with van der Waals surface area (Å²) >= 11 is 0. The van der Waals surface area contributed by atoms with E-state index in [0.717, 1.165) is 36.3 Å². The Labute approximate surface area is 141 Å². The molecule has 2 aromatic rings. The van der Waals surface area contributed by atoms with Crippen LogP contribution in [-0.2, 0) is 13.5 Å². The third-order valence-electron chi connectivity index (χ3n) is 4.72. The molecule has 1 unspecified atom stereocenters. The minimum Gasteiger partial charge on any atom is -0.497 e. The first kappa shape index (κ1) is 16.3. The number of aromatic nitrogens is 1. The first-order valence-corrected chi connectivity index (χ1v) is 8.15. The highest BCUT2D eigenvalue weighted by Crippen LogP contribution is 2.32. The molecular weight excluding hydrogens is 304 g/mol. The molecule has 0 radical (unpaired) electrons. The van der Waals surface area contributed by atoms with E-state index in [0.29, 0.717) is 5.69 Å². The van der Waals surface area contributed by atoms with Gasteiger partial charge in [0.1, 0.15) is 11.4 Å². The van der Waals surface area contributed by atoms with E-state index in [1.807, 2.05) is 25.1 Å². The summed E-state index contributed by atoms with van der Waals surface area (Å²) in [4.78, 5) is 24.4. The van der Waals surface area contributed by atoms with Gasteiger partial charge in [-0.2, -0.15) is 0 Å². The number of fused-ring (bicyclic) bond motifs is 1. The Hall–Kier alpha value is -2.56. The Morgan fingerprint density at radius 2 is 2.08 bits per heavy atom. The van der Waals surface area contributed by atoms with E-state index in [-0.39, 0.29) is 17.4 Å². The second kappa shape index (κ2) is 6.51. The maximum atomic E-state index is 12.7. The van der Waals surface area contributed by atoms with Crippen molar-refractivity contribution in [2.45, 2.75) is 32.2 Å². The molecule has 126 valence electrons. The van der Waals surface area contributed by atoms with Gasteiger partial charge in [0.05, 0.1) is 13.2 Å². The normalized spacial score (nSPS) is 16.4. The number of pyridine rings is 1. The SMILES string of the molecule is COc1ccc2c(c1)CCCC2NC(=O)c1cc(=O)cc(C)n1C. The highest BCUT2D eigenvalue weighted by Gasteiger charge is 2.23. The maximum absolute atomic E-state index is 12.7. The van der Waals surface area contributed by atoms with Gasteiger partial charge in [-0.1, -0.05) is 6.07 Å². The van der Waals surface area contributed by atoms with Gasteiger partial charge >= 0.3 is 0 Å². The summed E-state index contributed by atoms with van der Waals surface area (Å²) in [6, 6.07) is 8.86. The average molecular weight is 326 g/mol. The molecule has 1 N–H and O–H groups in total. The topological polar surface area (TPSA) is 60.3 Å². The lowest BCUT2D eigenvalue weighted by atomic mass is 9.87. The average Bonchev–Trinajstić information content (AvgIpc) is 2.57. The second-order valence-electron chi connectivity index (χ2n) is 6.26. The first-order valence-electron chi connectivity index (χ1n) is 8.15. The highest BCUT2D eigenvalue weighted by molar-refractivity contribution is 5.93. The Kier molecular flexibility index (Phi) is 4.42. The molecule has 24 heavy (non-hydrogen) atoms. The van der Waals surface area contributed by atoms with Gasteiger partial charge in [0.15, 0.2) is 5.43 Å². The quantitative estimate of drug-likeness (QED) is 0.943. The lowest BCUT2D eigenvalue weighted by molar-refractivity contribution is 0.0923. The van der Waals surface area contributed by atoms with Gasteiger partial charge in [-0.05, 0) is 49.4 Å². The summed E-state index contributed by atoms with van der Waals surface area (Å²) < 4.78 is 7.03. The number of ether oxygens (including phenoxy) is 1. The molecule has 1 aliphatic rings. The van der Waals surface area contributed by atoms with Crippen LogP contribution in [0.1, 0.15) is 46.2 Å². The number of methoxy groups -OCH3 is 1. The van der Waals surface area contributed by atoms with Crippen LogP contribution in [0, 0.1) is 6.92 Å². The van der Waals surface area contributed by atoms with Crippen LogP contribution in [0.15, 0.2) is 35.1 Å². The second-order valence-corrected chi connectivity index (χ2v) is 6.26. The Bertz CT molecular complexity index is 839. The molecule has 1 aliphatic carbocycles. The van der Waals surface area contributed by atoms with Crippen molar-refractivity contribution < 1.29 is 9.53 Å². The van der Waals surface area contributed by atoms with Crippen molar-refractivity contribution in [3.8, 4) is 5.75 Å². The number of hydrogen-bond acceptors (Lipinski definition) is 3. The zero-order chi connectivity index (χ0) is 17.3. The largest absolute Gasteiger partial charge is 0.497 e. The number of nitrogens with one attached hydrogen (secondary N) is 1. The van der Waals surface area contributed by atoms with E-state index >= 15 is 0 Å². The summed E-state index contributed by atoms with van der Waals surface area (Å²) in [6.45, 7) is 1.82. The van der Waals surface area contributed by atoms with Gasteiger partial charge in [0.2, 0.25) is 0 Å². The van der Waals surface area contributed by atoms with Crippen LogP contribution in [0.4, 0.5) is 0 Å². The van der Waals surface area contributed by atoms with E-state index in [1.54, 1.807) is 18.7 Å². The van der Waals surface area contributed by atoms with Gasteiger partial charge in [0.25, 0.3) is 5.91 Å². The van der Waals surface area contributed by atoms with Crippen LogP contribution >= 0.6 is 0 Å². The van der Waals surface area contributed by atoms with Crippen LogP contribution < -0.4 is 15.5 Å². The number of carbonyl (C=O) groups is 1. The van der Waals surface area contributed by atoms with Gasteiger partial charge < -0.3 is 14.6 Å². The fourth-order valence-corrected chi connectivity index (χ4v) is 3.28. The molecule has 0 bridgehead atoms. The van der Waals surface area contributed by atoms with Crippen molar-refractivity contribution in [2.75, 3.05) is 7.11 Å². The molecule has 1 aromatic carbocycles. The molecule has 3 rings (SSSR count). The molecule has 0 saturated carbocycles. The lowest BCUT2D eigenvalue weighted by Crippen LogP contribution is -2.33. The van der Waals surface area contributed by atoms with Gasteiger partial charge in [0, 0.05) is 24.9 Å². The number of carbonyl (C=O) groups excluding carboxylic acids is 1. The zero-order valence-corrected chi connectivity index (χ0v) is 14.3. The molecule has 1 amide bonds.